The molecule has 2 unspecified atom stereocenters. The van der Waals surface area contributed by atoms with Crippen LogP contribution in [0.2, 0.25) is 0 Å². The molecule has 0 aromatic carbocycles. The van der Waals surface area contributed by atoms with Gasteiger partial charge in [-0.2, -0.15) is 0 Å². The third-order valence-corrected chi connectivity index (χ3v) is 2.65. The second-order valence-corrected chi connectivity index (χ2v) is 4.27. The van der Waals surface area contributed by atoms with Crippen LogP contribution in [0.3, 0.4) is 0 Å². The Hall–Kier alpha value is -0.420. The molecule has 3 N–H and O–H groups in total. The Labute approximate surface area is 69.3 Å². The summed E-state index contributed by atoms with van der Waals surface area (Å²) < 4.78 is 14.9. The second kappa shape index (κ2) is 4.57. The lowest BCUT2D eigenvalue weighted by Gasteiger charge is -2.09. The van der Waals surface area contributed by atoms with Crippen molar-refractivity contribution in [1.29, 1.82) is 0 Å². The van der Waals surface area contributed by atoms with Gasteiger partial charge < -0.3 is 19.6 Å². The highest BCUT2D eigenvalue weighted by molar-refractivity contribution is 7.52. The van der Waals surface area contributed by atoms with E-state index in [-0.39, 0.29) is 12.6 Å². The third kappa shape index (κ3) is 4.46. The third-order valence-electron chi connectivity index (χ3n) is 1.26. The van der Waals surface area contributed by atoms with Gasteiger partial charge in [-0.3, -0.25) is 4.57 Å². The van der Waals surface area contributed by atoms with Crippen molar-refractivity contribution in [2.45, 2.75) is 12.5 Å². The van der Waals surface area contributed by atoms with E-state index in [0.29, 0.717) is 0 Å². The van der Waals surface area contributed by atoms with Crippen LogP contribution in [0, 0.1) is 0 Å². The number of hydrogen-bond donors (Lipinski definition) is 3. The largest absolute Gasteiger partial charge is 0.479 e. The molecule has 12 heavy (non-hydrogen) atoms. The van der Waals surface area contributed by atoms with Crippen LogP contribution in [0.15, 0.2) is 0 Å². The average Bonchev–Trinajstić information content (AvgIpc) is 2.00. The number of hydrogen-bond acceptors (Lipinski definition) is 4. The van der Waals surface area contributed by atoms with Gasteiger partial charge in [0.25, 0.3) is 0 Å². The lowest BCUT2D eigenvalue weighted by molar-refractivity contribution is -0.146. The molecule has 0 saturated carbocycles. The van der Waals surface area contributed by atoms with Crippen molar-refractivity contribution >= 4 is 13.6 Å². The highest BCUT2D eigenvalue weighted by atomic mass is 31.2. The second-order valence-electron chi connectivity index (χ2n) is 2.19. The Morgan fingerprint density at radius 1 is 1.67 bits per heavy atom. The summed E-state index contributed by atoms with van der Waals surface area (Å²) in [6.07, 6.45) is -2.27. The lowest BCUT2D eigenvalue weighted by atomic mass is 10.3. The van der Waals surface area contributed by atoms with Crippen molar-refractivity contribution in [3.05, 3.63) is 0 Å². The van der Waals surface area contributed by atoms with E-state index < -0.39 is 19.7 Å². The molecule has 0 aliphatic rings. The molecule has 0 aliphatic heterocycles. The Morgan fingerprint density at radius 3 is 2.50 bits per heavy atom. The number of carboxylic acid groups (broad SMARTS) is 1. The van der Waals surface area contributed by atoms with Crippen molar-refractivity contribution in [3.8, 4) is 0 Å². The molecule has 2 atom stereocenters. The number of rotatable bonds is 5. The first kappa shape index (κ1) is 11.6. The molecule has 0 heterocycles. The van der Waals surface area contributed by atoms with Crippen LogP contribution >= 0.6 is 7.60 Å². The number of carboxylic acids is 1. The minimum Gasteiger partial charge on any atom is -0.479 e. The molecule has 0 radical (unpaired) electrons. The first-order valence-corrected chi connectivity index (χ1v) is 4.94. The highest BCUT2D eigenvalue weighted by Gasteiger charge is 2.22. The van der Waals surface area contributed by atoms with Crippen molar-refractivity contribution in [3.63, 3.8) is 0 Å². The quantitative estimate of drug-likeness (QED) is 0.522. The molecule has 0 aromatic heterocycles. The molecule has 0 rings (SSSR count). The predicted octanol–water partition coefficient (Wildman–Crippen LogP) is -0.346. The maximum Gasteiger partial charge on any atom is 0.332 e. The SMILES string of the molecule is COP(=O)(O)CCC(O)C(=O)O. The summed E-state index contributed by atoms with van der Waals surface area (Å²) >= 11 is 0. The molecule has 0 saturated heterocycles. The molecule has 0 bridgehead atoms. The van der Waals surface area contributed by atoms with E-state index in [4.69, 9.17) is 15.1 Å². The minimum atomic E-state index is -3.69. The molecule has 0 aromatic rings. The topological polar surface area (TPSA) is 104 Å². The van der Waals surface area contributed by atoms with Gasteiger partial charge >= 0.3 is 13.6 Å². The first-order chi connectivity index (χ1) is 5.39. The fourth-order valence-corrected chi connectivity index (χ4v) is 1.25. The summed E-state index contributed by atoms with van der Waals surface area (Å²) in [4.78, 5) is 18.8. The van der Waals surface area contributed by atoms with Crippen LogP contribution in [0.4, 0.5) is 0 Å². The van der Waals surface area contributed by atoms with Crippen molar-refractivity contribution in [1.82, 2.24) is 0 Å². The van der Waals surface area contributed by atoms with Gasteiger partial charge in [0.15, 0.2) is 6.10 Å². The van der Waals surface area contributed by atoms with Gasteiger partial charge in [0.2, 0.25) is 0 Å². The summed E-state index contributed by atoms with van der Waals surface area (Å²) in [5, 5.41) is 16.9. The Balaban J connectivity index is 3.83. The maximum atomic E-state index is 10.7. The van der Waals surface area contributed by atoms with Crippen molar-refractivity contribution in [2.75, 3.05) is 13.3 Å². The smallest absolute Gasteiger partial charge is 0.332 e. The molecular weight excluding hydrogens is 187 g/mol. The number of carbonyl (C=O) groups is 1. The summed E-state index contributed by atoms with van der Waals surface area (Å²) in [5.41, 5.74) is 0. The monoisotopic (exact) mass is 198 g/mol. The van der Waals surface area contributed by atoms with Gasteiger partial charge in [0.1, 0.15) is 0 Å². The van der Waals surface area contributed by atoms with Crippen LogP contribution in [-0.2, 0) is 13.9 Å². The van der Waals surface area contributed by atoms with Gasteiger partial charge in [-0.25, -0.2) is 4.79 Å². The summed E-state index contributed by atoms with van der Waals surface area (Å²) in [6, 6.07) is 0. The minimum absolute atomic E-state index is 0.295. The lowest BCUT2D eigenvalue weighted by Crippen LogP contribution is -2.20. The fourth-order valence-electron chi connectivity index (χ4n) is 0.500. The van der Waals surface area contributed by atoms with Gasteiger partial charge in [-0.15, -0.1) is 0 Å². The Kier molecular flexibility index (Phi) is 4.41. The van der Waals surface area contributed by atoms with Crippen molar-refractivity contribution in [2.24, 2.45) is 0 Å². The van der Waals surface area contributed by atoms with Crippen LogP contribution in [0.25, 0.3) is 0 Å². The zero-order valence-electron chi connectivity index (χ0n) is 6.51. The van der Waals surface area contributed by atoms with Crippen LogP contribution in [-0.4, -0.2) is 40.5 Å². The van der Waals surface area contributed by atoms with E-state index in [1.165, 1.54) is 0 Å². The Morgan fingerprint density at radius 2 is 2.17 bits per heavy atom. The van der Waals surface area contributed by atoms with Crippen molar-refractivity contribution < 1.29 is 29.0 Å². The first-order valence-electron chi connectivity index (χ1n) is 3.17. The zero-order chi connectivity index (χ0) is 9.78. The van der Waals surface area contributed by atoms with Crippen LogP contribution < -0.4 is 0 Å². The zero-order valence-corrected chi connectivity index (χ0v) is 7.40. The van der Waals surface area contributed by atoms with Gasteiger partial charge in [0, 0.05) is 7.11 Å². The van der Waals surface area contributed by atoms with Crippen LogP contribution in [0.5, 0.6) is 0 Å². The van der Waals surface area contributed by atoms with Crippen LogP contribution in [0.1, 0.15) is 6.42 Å². The maximum absolute atomic E-state index is 10.7. The molecule has 0 aliphatic carbocycles. The number of aliphatic hydroxyl groups is 1. The molecule has 6 nitrogen and oxygen atoms in total. The van der Waals surface area contributed by atoms with E-state index in [1.54, 1.807) is 0 Å². The van der Waals surface area contributed by atoms with E-state index in [1.807, 2.05) is 0 Å². The fraction of sp³-hybridized carbons (Fsp3) is 0.800. The normalized spacial score (nSPS) is 18.2. The average molecular weight is 198 g/mol. The molecule has 7 heteroatoms. The number of aliphatic carboxylic acids is 1. The Bertz CT molecular complexity index is 202. The molecule has 0 spiro atoms. The summed E-state index contributed by atoms with van der Waals surface area (Å²) in [6.45, 7) is 0. The van der Waals surface area contributed by atoms with Gasteiger partial charge in [-0.05, 0) is 6.42 Å². The van der Waals surface area contributed by atoms with E-state index in [2.05, 4.69) is 4.52 Å². The van der Waals surface area contributed by atoms with E-state index >= 15 is 0 Å². The van der Waals surface area contributed by atoms with Gasteiger partial charge in [-0.1, -0.05) is 0 Å². The standard InChI is InChI=1S/C5H11O6P/c1-11-12(9,10)3-2-4(6)5(7)8/h4,6H,2-3H2,1H3,(H,7,8)(H,9,10). The molecule has 0 fully saturated rings. The number of aliphatic hydroxyl groups excluding tert-OH is 1. The molecule has 72 valence electrons. The summed E-state index contributed by atoms with van der Waals surface area (Å²) in [5.74, 6) is -1.41. The molecular formula is C5H11O6P. The van der Waals surface area contributed by atoms with E-state index in [0.717, 1.165) is 7.11 Å². The summed E-state index contributed by atoms with van der Waals surface area (Å²) in [7, 11) is -2.64. The predicted molar refractivity (Wildman–Crippen MR) is 40.0 cm³/mol. The highest BCUT2D eigenvalue weighted by Crippen LogP contribution is 2.41. The van der Waals surface area contributed by atoms with Gasteiger partial charge in [0.05, 0.1) is 6.16 Å². The molecule has 0 amide bonds. The van der Waals surface area contributed by atoms with E-state index in [9.17, 15) is 9.36 Å².